The van der Waals surface area contributed by atoms with Crippen LogP contribution < -0.4 is 10.2 Å². The monoisotopic (exact) mass is 395 g/mol. The fraction of sp³-hybridized carbons (Fsp3) is 0.0667. The van der Waals surface area contributed by atoms with Gasteiger partial charge < -0.3 is 4.74 Å². The minimum atomic E-state index is -0.599. The zero-order valence-corrected chi connectivity index (χ0v) is 13.7. The molecule has 0 heterocycles. The van der Waals surface area contributed by atoms with Crippen molar-refractivity contribution in [1.29, 1.82) is 0 Å². The Labute approximate surface area is 144 Å². The molecule has 0 spiro atoms. The van der Waals surface area contributed by atoms with Crippen LogP contribution >= 0.6 is 15.9 Å². The summed E-state index contributed by atoms with van der Waals surface area (Å²) in [6, 6.07) is 9.96. The molecule has 0 fully saturated rings. The fourth-order valence-electron chi connectivity index (χ4n) is 1.68. The van der Waals surface area contributed by atoms with E-state index in [9.17, 15) is 19.3 Å². The number of nitrogens with one attached hydrogen (secondary N) is 1. The number of para-hydroxylation sites is 2. The van der Waals surface area contributed by atoms with Crippen molar-refractivity contribution in [3.05, 3.63) is 68.4 Å². The largest absolute Gasteiger partial charge is 0.477 e. The van der Waals surface area contributed by atoms with Crippen molar-refractivity contribution in [3.8, 4) is 5.75 Å². The average molecular weight is 396 g/mol. The van der Waals surface area contributed by atoms with Gasteiger partial charge in [0.1, 0.15) is 5.82 Å². The Bertz CT molecular complexity index is 798. The number of carbonyl (C=O) groups is 1. The fourth-order valence-corrected chi connectivity index (χ4v) is 2.07. The Morgan fingerprint density at radius 2 is 2.12 bits per heavy atom. The van der Waals surface area contributed by atoms with E-state index in [1.807, 2.05) is 0 Å². The first-order valence-corrected chi connectivity index (χ1v) is 7.40. The van der Waals surface area contributed by atoms with Crippen molar-refractivity contribution in [1.82, 2.24) is 5.43 Å². The average Bonchev–Trinajstić information content (AvgIpc) is 2.56. The van der Waals surface area contributed by atoms with Crippen LogP contribution in [0.25, 0.3) is 0 Å². The number of hydrazone groups is 1. The molecule has 2 aromatic rings. The number of carbonyl (C=O) groups excluding carboxylic acids is 1. The first-order valence-electron chi connectivity index (χ1n) is 6.60. The van der Waals surface area contributed by atoms with E-state index in [1.165, 1.54) is 42.6 Å². The van der Waals surface area contributed by atoms with E-state index in [2.05, 4.69) is 26.5 Å². The van der Waals surface area contributed by atoms with Crippen molar-refractivity contribution in [3.63, 3.8) is 0 Å². The second kappa shape index (κ2) is 8.16. The minimum Gasteiger partial charge on any atom is -0.477 e. The van der Waals surface area contributed by atoms with Gasteiger partial charge in [0.2, 0.25) is 0 Å². The summed E-state index contributed by atoms with van der Waals surface area (Å²) >= 11 is 3.04. The number of rotatable bonds is 6. The topological polar surface area (TPSA) is 93.8 Å². The molecule has 2 rings (SSSR count). The van der Waals surface area contributed by atoms with Crippen LogP contribution in [0.4, 0.5) is 10.1 Å². The summed E-state index contributed by atoms with van der Waals surface area (Å²) < 4.78 is 18.5. The van der Waals surface area contributed by atoms with Gasteiger partial charge >= 0.3 is 5.69 Å². The smallest absolute Gasteiger partial charge is 0.310 e. The second-order valence-electron chi connectivity index (χ2n) is 4.48. The van der Waals surface area contributed by atoms with Gasteiger partial charge in [-0.1, -0.05) is 18.2 Å². The van der Waals surface area contributed by atoms with Crippen LogP contribution in [0.15, 0.2) is 52.0 Å². The van der Waals surface area contributed by atoms with Gasteiger partial charge in [0.15, 0.2) is 12.4 Å². The summed E-state index contributed by atoms with van der Waals surface area (Å²) in [6.45, 7) is -0.435. The lowest BCUT2D eigenvalue weighted by Gasteiger charge is -2.05. The Kier molecular flexibility index (Phi) is 5.96. The quantitative estimate of drug-likeness (QED) is 0.462. The number of ether oxygens (including phenoxy) is 1. The highest BCUT2D eigenvalue weighted by Crippen LogP contribution is 2.25. The molecule has 0 aliphatic carbocycles. The summed E-state index contributed by atoms with van der Waals surface area (Å²) in [6.07, 6.45) is 1.33. The molecule has 1 amide bonds. The van der Waals surface area contributed by atoms with Crippen LogP contribution in [0.1, 0.15) is 5.56 Å². The third-order valence-electron chi connectivity index (χ3n) is 2.77. The highest BCUT2D eigenvalue weighted by Gasteiger charge is 2.14. The molecule has 124 valence electrons. The Morgan fingerprint density at radius 1 is 1.38 bits per heavy atom. The standard InChI is InChI=1S/C15H11BrFN3O4/c16-11-7-10(5-6-12(11)17)8-18-19-15(21)9-24-14-4-2-1-3-13(14)20(22)23/h1-8H,9H2,(H,19,21)/b18-8+. The van der Waals surface area contributed by atoms with Crippen molar-refractivity contribution in [2.75, 3.05) is 6.61 Å². The van der Waals surface area contributed by atoms with Gasteiger partial charge in [0.05, 0.1) is 15.6 Å². The Balaban J connectivity index is 1.89. The lowest BCUT2D eigenvalue weighted by Crippen LogP contribution is -2.24. The Hall–Kier alpha value is -2.81. The third-order valence-corrected chi connectivity index (χ3v) is 3.37. The lowest BCUT2D eigenvalue weighted by atomic mass is 10.2. The maximum absolute atomic E-state index is 13.1. The number of halogens is 2. The van der Waals surface area contributed by atoms with Gasteiger partial charge in [-0.2, -0.15) is 5.10 Å². The number of benzene rings is 2. The molecule has 1 N–H and O–H groups in total. The molecule has 0 atom stereocenters. The van der Waals surface area contributed by atoms with E-state index in [1.54, 1.807) is 6.07 Å². The minimum absolute atomic E-state index is 0.0101. The van der Waals surface area contributed by atoms with Crippen LogP contribution in [0.3, 0.4) is 0 Å². The highest BCUT2D eigenvalue weighted by atomic mass is 79.9. The number of amides is 1. The molecule has 0 aliphatic heterocycles. The van der Waals surface area contributed by atoms with Gasteiger partial charge in [0, 0.05) is 6.07 Å². The lowest BCUT2D eigenvalue weighted by molar-refractivity contribution is -0.385. The first kappa shape index (κ1) is 17.5. The molecule has 2 aromatic carbocycles. The second-order valence-corrected chi connectivity index (χ2v) is 5.33. The van der Waals surface area contributed by atoms with Crippen molar-refractivity contribution in [2.24, 2.45) is 5.10 Å². The molecular formula is C15H11BrFN3O4. The number of nitro benzene ring substituents is 1. The molecule has 0 unspecified atom stereocenters. The molecule has 0 aromatic heterocycles. The van der Waals surface area contributed by atoms with Crippen LogP contribution in [0.5, 0.6) is 5.75 Å². The van der Waals surface area contributed by atoms with Gasteiger partial charge in [-0.25, -0.2) is 9.82 Å². The van der Waals surface area contributed by atoms with E-state index < -0.39 is 23.3 Å². The molecule has 24 heavy (non-hydrogen) atoms. The zero-order chi connectivity index (χ0) is 17.5. The molecule has 0 saturated carbocycles. The first-order chi connectivity index (χ1) is 11.5. The van der Waals surface area contributed by atoms with Crippen molar-refractivity contribution < 1.29 is 18.8 Å². The van der Waals surface area contributed by atoms with Crippen LogP contribution in [-0.2, 0) is 4.79 Å². The van der Waals surface area contributed by atoms with E-state index in [0.29, 0.717) is 5.56 Å². The van der Waals surface area contributed by atoms with Gasteiger partial charge in [0.25, 0.3) is 5.91 Å². The summed E-state index contributed by atoms with van der Waals surface area (Å²) in [5, 5.41) is 14.5. The third kappa shape index (κ3) is 4.85. The van der Waals surface area contributed by atoms with Crippen molar-refractivity contribution >= 4 is 33.7 Å². The molecule has 0 aliphatic rings. The number of hydrogen-bond acceptors (Lipinski definition) is 5. The highest BCUT2D eigenvalue weighted by molar-refractivity contribution is 9.10. The molecule has 7 nitrogen and oxygen atoms in total. The summed E-state index contributed by atoms with van der Waals surface area (Å²) in [5.74, 6) is -1.01. The van der Waals surface area contributed by atoms with E-state index in [0.717, 1.165) is 0 Å². The SMILES string of the molecule is O=C(COc1ccccc1[N+](=O)[O-])N/N=C/c1ccc(F)c(Br)c1. The molecule has 0 radical (unpaired) electrons. The molecule has 0 bridgehead atoms. The summed E-state index contributed by atoms with van der Waals surface area (Å²) in [7, 11) is 0. The normalized spacial score (nSPS) is 10.6. The maximum atomic E-state index is 13.1. The van der Waals surface area contributed by atoms with Crippen LogP contribution in [0.2, 0.25) is 0 Å². The number of hydrogen-bond donors (Lipinski definition) is 1. The van der Waals surface area contributed by atoms with Crippen molar-refractivity contribution in [2.45, 2.75) is 0 Å². The number of nitro groups is 1. The van der Waals surface area contributed by atoms with Gasteiger partial charge in [-0.05, 0) is 39.7 Å². The zero-order valence-electron chi connectivity index (χ0n) is 12.1. The van der Waals surface area contributed by atoms with Crippen LogP contribution in [-0.4, -0.2) is 23.7 Å². The van der Waals surface area contributed by atoms with Crippen LogP contribution in [0, 0.1) is 15.9 Å². The maximum Gasteiger partial charge on any atom is 0.310 e. The van der Waals surface area contributed by atoms with Gasteiger partial charge in [-0.3, -0.25) is 14.9 Å². The molecular weight excluding hydrogens is 385 g/mol. The van der Waals surface area contributed by atoms with Gasteiger partial charge in [-0.15, -0.1) is 0 Å². The number of nitrogens with zero attached hydrogens (tertiary/aromatic N) is 2. The summed E-state index contributed by atoms with van der Waals surface area (Å²) in [5.41, 5.74) is 2.55. The van der Waals surface area contributed by atoms with E-state index in [4.69, 9.17) is 4.74 Å². The Morgan fingerprint density at radius 3 is 2.83 bits per heavy atom. The van der Waals surface area contributed by atoms with E-state index in [-0.39, 0.29) is 15.9 Å². The predicted octanol–water partition coefficient (Wildman–Crippen LogP) is 3.03. The summed E-state index contributed by atoms with van der Waals surface area (Å²) in [4.78, 5) is 21.8. The molecule has 0 saturated heterocycles. The molecule has 9 heteroatoms. The van der Waals surface area contributed by atoms with E-state index >= 15 is 0 Å². The predicted molar refractivity (Wildman–Crippen MR) is 88.4 cm³/mol.